The zero-order valence-corrected chi connectivity index (χ0v) is 20.5. The number of nitrogens with zero attached hydrogens (tertiary/aromatic N) is 3. The van der Waals surface area contributed by atoms with Crippen LogP contribution in [-0.4, -0.2) is 33.0 Å². The van der Waals surface area contributed by atoms with Gasteiger partial charge < -0.3 is 5.32 Å². The topological polar surface area (TPSA) is 74.1 Å². The van der Waals surface area contributed by atoms with Gasteiger partial charge in [-0.3, -0.25) is 9.59 Å². The number of hydrogen-bond donors (Lipinski definition) is 1. The maximum absolute atomic E-state index is 13.6. The van der Waals surface area contributed by atoms with Crippen LogP contribution in [0.5, 0.6) is 0 Å². The molecule has 35 heavy (non-hydrogen) atoms. The smallest absolute Gasteiger partial charge is 0.263 e. The van der Waals surface area contributed by atoms with Crippen molar-refractivity contribution < 1.29 is 9.59 Å². The highest BCUT2D eigenvalue weighted by Crippen LogP contribution is 2.38. The molecule has 1 N–H and O–H groups in total. The molecule has 6 nitrogen and oxygen atoms in total. The van der Waals surface area contributed by atoms with Crippen molar-refractivity contribution in [2.45, 2.75) is 38.0 Å². The van der Waals surface area contributed by atoms with Gasteiger partial charge in [0.25, 0.3) is 5.91 Å². The summed E-state index contributed by atoms with van der Waals surface area (Å²) >= 11 is 1.30. The first-order chi connectivity index (χ1) is 17.1. The molecule has 7 heteroatoms. The number of anilines is 1. The second-order valence-corrected chi connectivity index (χ2v) is 9.58. The first-order valence-corrected chi connectivity index (χ1v) is 12.7. The SMILES string of the molecule is CCc1ccc(NC(=O)[C@H](CC)SC2=Nc3ccccc3C3=N[C@@H](c4ccccc4)C(=O)N23)cc1. The van der Waals surface area contributed by atoms with Crippen LogP contribution < -0.4 is 5.32 Å². The summed E-state index contributed by atoms with van der Waals surface area (Å²) in [4.78, 5) is 37.9. The van der Waals surface area contributed by atoms with Crippen molar-refractivity contribution in [2.75, 3.05) is 5.32 Å². The average Bonchev–Trinajstić information content (AvgIpc) is 3.25. The lowest BCUT2D eigenvalue weighted by atomic mass is 10.1. The molecule has 0 unspecified atom stereocenters. The van der Waals surface area contributed by atoms with Crippen molar-refractivity contribution in [3.05, 3.63) is 95.6 Å². The van der Waals surface area contributed by atoms with Gasteiger partial charge in [-0.1, -0.05) is 80.2 Å². The number of carbonyl (C=O) groups is 2. The molecule has 0 bridgehead atoms. The highest BCUT2D eigenvalue weighted by atomic mass is 32.2. The molecule has 2 atom stereocenters. The van der Waals surface area contributed by atoms with Gasteiger partial charge in [0, 0.05) is 11.3 Å². The lowest BCUT2D eigenvalue weighted by Gasteiger charge is -2.27. The zero-order valence-electron chi connectivity index (χ0n) is 19.6. The quantitative estimate of drug-likeness (QED) is 0.488. The Morgan fingerprint density at radius 1 is 1.00 bits per heavy atom. The minimum atomic E-state index is -0.630. The zero-order chi connectivity index (χ0) is 24.4. The van der Waals surface area contributed by atoms with Gasteiger partial charge in [-0.15, -0.1) is 0 Å². The second-order valence-electron chi connectivity index (χ2n) is 8.41. The predicted octanol–water partition coefficient (Wildman–Crippen LogP) is 5.73. The van der Waals surface area contributed by atoms with E-state index in [1.54, 1.807) is 4.90 Å². The van der Waals surface area contributed by atoms with Gasteiger partial charge in [0.1, 0.15) is 5.84 Å². The number of amidine groups is 2. The van der Waals surface area contributed by atoms with Crippen LogP contribution in [-0.2, 0) is 16.0 Å². The van der Waals surface area contributed by atoms with Crippen LogP contribution in [0, 0.1) is 0 Å². The van der Waals surface area contributed by atoms with E-state index in [9.17, 15) is 9.59 Å². The fourth-order valence-corrected chi connectivity index (χ4v) is 5.20. The highest BCUT2D eigenvalue weighted by molar-refractivity contribution is 8.15. The van der Waals surface area contributed by atoms with E-state index < -0.39 is 11.3 Å². The Hall–Kier alpha value is -3.71. The van der Waals surface area contributed by atoms with E-state index in [0.29, 0.717) is 17.4 Å². The van der Waals surface area contributed by atoms with Crippen molar-refractivity contribution in [3.8, 4) is 0 Å². The van der Waals surface area contributed by atoms with E-state index in [1.165, 1.54) is 17.3 Å². The van der Waals surface area contributed by atoms with Gasteiger partial charge in [0.15, 0.2) is 11.2 Å². The maximum Gasteiger partial charge on any atom is 0.263 e. The van der Waals surface area contributed by atoms with Crippen LogP contribution in [0.2, 0.25) is 0 Å². The first-order valence-electron chi connectivity index (χ1n) is 11.8. The Kier molecular flexibility index (Phi) is 6.51. The molecule has 0 radical (unpaired) electrons. The minimum absolute atomic E-state index is 0.118. The van der Waals surface area contributed by atoms with Crippen LogP contribution in [0.25, 0.3) is 0 Å². The molecular weight excluding hydrogens is 456 g/mol. The van der Waals surface area contributed by atoms with Gasteiger partial charge in [0.2, 0.25) is 5.91 Å². The fourth-order valence-electron chi connectivity index (χ4n) is 4.18. The Morgan fingerprint density at radius 2 is 1.71 bits per heavy atom. The van der Waals surface area contributed by atoms with E-state index in [4.69, 9.17) is 9.98 Å². The standard InChI is InChI=1S/C28H26N4O2S/c1-3-18-14-16-20(17-15-18)29-26(33)23(4-2)35-28-30-22-13-9-8-12-21(22)25-31-24(27(34)32(25)28)19-10-6-5-7-11-19/h5-17,23-24H,3-4H2,1-2H3,(H,29,33)/t23-,24-/m0/s1. The van der Waals surface area contributed by atoms with Gasteiger partial charge in [-0.25, -0.2) is 14.9 Å². The van der Waals surface area contributed by atoms with E-state index in [1.807, 2.05) is 85.8 Å². The summed E-state index contributed by atoms with van der Waals surface area (Å²) in [6, 6.07) is 24.5. The summed E-state index contributed by atoms with van der Waals surface area (Å²) in [5, 5.41) is 3.07. The molecule has 0 aliphatic carbocycles. The number of nitrogens with one attached hydrogen (secondary N) is 1. The number of benzene rings is 3. The second kappa shape index (κ2) is 9.88. The number of thioether (sulfide) groups is 1. The van der Waals surface area contributed by atoms with Crippen LogP contribution >= 0.6 is 11.8 Å². The van der Waals surface area contributed by atoms with Crippen molar-refractivity contribution in [2.24, 2.45) is 9.98 Å². The lowest BCUT2D eigenvalue weighted by Crippen LogP contribution is -2.41. The molecule has 0 spiro atoms. The summed E-state index contributed by atoms with van der Waals surface area (Å²) in [5.41, 5.74) is 4.37. The van der Waals surface area contributed by atoms with E-state index in [2.05, 4.69) is 12.2 Å². The average molecular weight is 483 g/mol. The van der Waals surface area contributed by atoms with Crippen molar-refractivity contribution in [1.29, 1.82) is 0 Å². The van der Waals surface area contributed by atoms with Gasteiger partial charge in [-0.05, 0) is 48.2 Å². The van der Waals surface area contributed by atoms with E-state index in [0.717, 1.165) is 28.9 Å². The molecule has 2 aliphatic rings. The molecule has 0 aromatic heterocycles. The third-order valence-electron chi connectivity index (χ3n) is 6.13. The van der Waals surface area contributed by atoms with E-state index >= 15 is 0 Å². The Bertz CT molecular complexity index is 1320. The molecule has 2 heterocycles. The number of amides is 2. The van der Waals surface area contributed by atoms with Gasteiger partial charge in [0.05, 0.1) is 10.9 Å². The minimum Gasteiger partial charge on any atom is -0.325 e. The molecule has 3 aromatic carbocycles. The molecule has 0 fully saturated rings. The van der Waals surface area contributed by atoms with Crippen LogP contribution in [0.1, 0.15) is 43.0 Å². The summed E-state index contributed by atoms with van der Waals surface area (Å²) < 4.78 is 0. The lowest BCUT2D eigenvalue weighted by molar-refractivity contribution is -0.124. The summed E-state index contributed by atoms with van der Waals surface area (Å²) in [5.74, 6) is 0.313. The van der Waals surface area contributed by atoms with Crippen LogP contribution in [0.3, 0.4) is 0 Å². The molecule has 2 aliphatic heterocycles. The van der Waals surface area contributed by atoms with Crippen LogP contribution in [0.4, 0.5) is 11.4 Å². The van der Waals surface area contributed by atoms with Crippen molar-refractivity contribution >= 4 is 46.0 Å². The number of aliphatic imine (C=N–C) groups is 2. The third kappa shape index (κ3) is 4.51. The van der Waals surface area contributed by atoms with Crippen molar-refractivity contribution in [1.82, 2.24) is 4.90 Å². The molecular formula is C28H26N4O2S. The number of rotatable bonds is 6. The molecule has 176 valence electrons. The number of para-hydroxylation sites is 1. The Morgan fingerprint density at radius 3 is 2.43 bits per heavy atom. The number of fused-ring (bicyclic) bond motifs is 3. The van der Waals surface area contributed by atoms with Crippen LogP contribution in [0.15, 0.2) is 88.8 Å². The Balaban J connectivity index is 1.43. The fraction of sp³-hybridized carbons (Fsp3) is 0.214. The molecule has 0 saturated carbocycles. The summed E-state index contributed by atoms with van der Waals surface area (Å²) in [7, 11) is 0. The molecule has 3 aromatic rings. The third-order valence-corrected chi connectivity index (χ3v) is 7.44. The number of carbonyl (C=O) groups excluding carboxylic acids is 2. The summed E-state index contributed by atoms with van der Waals surface area (Å²) in [6.07, 6.45) is 1.53. The number of aryl methyl sites for hydroxylation is 1. The normalized spacial score (nSPS) is 17.3. The first kappa shape index (κ1) is 23.1. The van der Waals surface area contributed by atoms with Gasteiger partial charge in [-0.2, -0.15) is 0 Å². The van der Waals surface area contributed by atoms with Crippen molar-refractivity contribution in [3.63, 3.8) is 0 Å². The summed E-state index contributed by atoms with van der Waals surface area (Å²) in [6.45, 7) is 4.06. The monoisotopic (exact) mass is 482 g/mol. The Labute approximate surface area is 209 Å². The number of hydrogen-bond acceptors (Lipinski definition) is 5. The predicted molar refractivity (Wildman–Crippen MR) is 142 cm³/mol. The largest absolute Gasteiger partial charge is 0.325 e. The maximum atomic E-state index is 13.6. The molecule has 2 amide bonds. The molecule has 0 saturated heterocycles. The van der Waals surface area contributed by atoms with Gasteiger partial charge >= 0.3 is 0 Å². The molecule has 5 rings (SSSR count). The highest BCUT2D eigenvalue weighted by Gasteiger charge is 2.43. The van der Waals surface area contributed by atoms with E-state index in [-0.39, 0.29) is 11.8 Å².